The molecule has 0 aromatic heterocycles. The monoisotopic (exact) mass is 345 g/mol. The van der Waals surface area contributed by atoms with Crippen LogP contribution in [-0.2, 0) is 0 Å². The van der Waals surface area contributed by atoms with Crippen molar-refractivity contribution < 1.29 is 0 Å². The van der Waals surface area contributed by atoms with Gasteiger partial charge in [0.1, 0.15) is 0 Å². The van der Waals surface area contributed by atoms with Gasteiger partial charge in [0, 0.05) is 32.1 Å². The van der Waals surface area contributed by atoms with Crippen molar-refractivity contribution in [1.82, 2.24) is 10.2 Å². The maximum atomic E-state index is 6.03. The first-order chi connectivity index (χ1) is 9.70. The van der Waals surface area contributed by atoms with E-state index in [0.29, 0.717) is 17.3 Å². The molecule has 0 bridgehead atoms. The zero-order chi connectivity index (χ0) is 14.0. The molecule has 0 aliphatic carbocycles. The van der Waals surface area contributed by atoms with E-state index in [-0.39, 0.29) is 24.8 Å². The molecule has 5 heteroatoms. The van der Waals surface area contributed by atoms with Crippen molar-refractivity contribution >= 4 is 24.8 Å². The van der Waals surface area contributed by atoms with Crippen LogP contribution in [0.25, 0.3) is 0 Å². The predicted molar refractivity (Wildman–Crippen MR) is 98.3 cm³/mol. The topological polar surface area (TPSA) is 41.3 Å². The largest absolute Gasteiger partial charge is 0.330 e. The first kappa shape index (κ1) is 19.7. The molecule has 0 amide bonds. The summed E-state index contributed by atoms with van der Waals surface area (Å²) in [6, 6.07) is 10.9. The van der Waals surface area contributed by atoms with Crippen LogP contribution in [0.15, 0.2) is 30.3 Å². The van der Waals surface area contributed by atoms with Gasteiger partial charge in [-0.3, -0.25) is 0 Å². The van der Waals surface area contributed by atoms with Crippen LogP contribution < -0.4 is 11.1 Å². The van der Waals surface area contributed by atoms with E-state index >= 15 is 0 Å². The van der Waals surface area contributed by atoms with Crippen molar-refractivity contribution in [2.45, 2.75) is 19.3 Å². The van der Waals surface area contributed by atoms with Gasteiger partial charge in [-0.15, -0.1) is 24.8 Å². The zero-order valence-electron chi connectivity index (χ0n) is 13.3. The molecule has 0 saturated carbocycles. The molecule has 2 fully saturated rings. The molecule has 22 heavy (non-hydrogen) atoms. The molecule has 0 spiro atoms. The van der Waals surface area contributed by atoms with Crippen molar-refractivity contribution in [2.75, 3.05) is 39.3 Å². The number of nitrogens with zero attached hydrogens (tertiary/aromatic N) is 1. The second-order valence-corrected chi connectivity index (χ2v) is 6.94. The number of hydrogen-bond acceptors (Lipinski definition) is 3. The highest BCUT2D eigenvalue weighted by atomic mass is 35.5. The Kier molecular flexibility index (Phi) is 7.63. The van der Waals surface area contributed by atoms with Crippen LogP contribution in [0.1, 0.15) is 24.8 Å². The van der Waals surface area contributed by atoms with Gasteiger partial charge in [0.15, 0.2) is 0 Å². The molecular formula is C17H29Cl2N3. The third-order valence-electron chi connectivity index (χ3n) is 5.11. The van der Waals surface area contributed by atoms with E-state index in [1.165, 1.54) is 31.6 Å². The minimum atomic E-state index is 0. The average molecular weight is 346 g/mol. The molecule has 126 valence electrons. The fourth-order valence-electron chi connectivity index (χ4n) is 3.95. The summed E-state index contributed by atoms with van der Waals surface area (Å²) in [7, 11) is 0. The minimum Gasteiger partial charge on any atom is -0.330 e. The summed E-state index contributed by atoms with van der Waals surface area (Å²) < 4.78 is 0. The summed E-state index contributed by atoms with van der Waals surface area (Å²) in [5, 5.41) is 3.50. The van der Waals surface area contributed by atoms with E-state index in [1.807, 2.05) is 0 Å². The van der Waals surface area contributed by atoms with Crippen molar-refractivity contribution in [2.24, 2.45) is 17.1 Å². The van der Waals surface area contributed by atoms with Gasteiger partial charge in [-0.2, -0.15) is 0 Å². The van der Waals surface area contributed by atoms with Gasteiger partial charge in [0.05, 0.1) is 0 Å². The highest BCUT2D eigenvalue weighted by molar-refractivity contribution is 5.85. The van der Waals surface area contributed by atoms with E-state index in [4.69, 9.17) is 5.73 Å². The number of halogens is 2. The van der Waals surface area contributed by atoms with Crippen LogP contribution in [0.5, 0.6) is 0 Å². The van der Waals surface area contributed by atoms with Gasteiger partial charge >= 0.3 is 0 Å². The standard InChI is InChI=1S/C17H27N3.2ClH/c1-17(7-8-19-12-17)13-20-10-15(9-18)16(11-20)14-5-3-2-4-6-14;;/h2-6,15-16,19H,7-13,18H2,1H3;2*1H/t15-,16+,17?;;/m1../s1. The molecule has 3 rings (SSSR count). The van der Waals surface area contributed by atoms with Crippen LogP contribution >= 0.6 is 24.8 Å². The highest BCUT2D eigenvalue weighted by Crippen LogP contribution is 2.35. The van der Waals surface area contributed by atoms with Gasteiger partial charge < -0.3 is 16.0 Å². The first-order valence-corrected chi connectivity index (χ1v) is 7.88. The third-order valence-corrected chi connectivity index (χ3v) is 5.11. The summed E-state index contributed by atoms with van der Waals surface area (Å²) in [4.78, 5) is 2.64. The normalized spacial score (nSPS) is 31.5. The van der Waals surface area contributed by atoms with Crippen molar-refractivity contribution in [3.63, 3.8) is 0 Å². The predicted octanol–water partition coefficient (Wildman–Crippen LogP) is 2.50. The van der Waals surface area contributed by atoms with Crippen molar-refractivity contribution in [3.05, 3.63) is 35.9 Å². The van der Waals surface area contributed by atoms with Crippen LogP contribution in [0.4, 0.5) is 0 Å². The van der Waals surface area contributed by atoms with E-state index in [9.17, 15) is 0 Å². The quantitative estimate of drug-likeness (QED) is 0.880. The van der Waals surface area contributed by atoms with Gasteiger partial charge in [0.2, 0.25) is 0 Å². The minimum absolute atomic E-state index is 0. The van der Waals surface area contributed by atoms with Crippen LogP contribution in [0, 0.1) is 11.3 Å². The van der Waals surface area contributed by atoms with Crippen molar-refractivity contribution in [1.29, 1.82) is 0 Å². The Bertz CT molecular complexity index is 435. The Hall–Kier alpha value is -0.320. The molecule has 2 aliphatic heterocycles. The van der Waals surface area contributed by atoms with Gasteiger partial charge in [0.25, 0.3) is 0 Å². The molecule has 2 saturated heterocycles. The number of hydrogen-bond donors (Lipinski definition) is 2. The fraction of sp³-hybridized carbons (Fsp3) is 0.647. The molecule has 1 aromatic rings. The highest BCUT2D eigenvalue weighted by Gasteiger charge is 2.37. The van der Waals surface area contributed by atoms with Crippen LogP contribution in [0.2, 0.25) is 0 Å². The number of nitrogens with one attached hydrogen (secondary N) is 1. The first-order valence-electron chi connectivity index (χ1n) is 7.88. The van der Waals surface area contributed by atoms with E-state index in [1.54, 1.807) is 0 Å². The van der Waals surface area contributed by atoms with Crippen molar-refractivity contribution in [3.8, 4) is 0 Å². The molecule has 0 radical (unpaired) electrons. The van der Waals surface area contributed by atoms with E-state index in [0.717, 1.165) is 19.6 Å². The Morgan fingerprint density at radius 3 is 2.55 bits per heavy atom. The molecule has 3 nitrogen and oxygen atoms in total. The lowest BCUT2D eigenvalue weighted by atomic mass is 9.89. The Morgan fingerprint density at radius 2 is 1.95 bits per heavy atom. The van der Waals surface area contributed by atoms with E-state index in [2.05, 4.69) is 47.5 Å². The average Bonchev–Trinajstić information content (AvgIpc) is 3.06. The molecule has 2 heterocycles. The molecule has 3 atom stereocenters. The van der Waals surface area contributed by atoms with Gasteiger partial charge in [-0.25, -0.2) is 0 Å². The summed E-state index contributed by atoms with van der Waals surface area (Å²) in [5.74, 6) is 1.22. The Labute approximate surface area is 146 Å². The summed E-state index contributed by atoms with van der Waals surface area (Å²) in [5.41, 5.74) is 7.93. The summed E-state index contributed by atoms with van der Waals surface area (Å²) in [6.07, 6.45) is 1.30. The molecule has 1 aromatic carbocycles. The van der Waals surface area contributed by atoms with Crippen LogP contribution in [-0.4, -0.2) is 44.2 Å². The molecule has 1 unspecified atom stereocenters. The SMILES string of the molecule is CC1(CN2C[C@@H](CN)[C@H](c3ccccc3)C2)CCNC1.Cl.Cl. The maximum Gasteiger partial charge on any atom is 0.00543 e. The third kappa shape index (κ3) is 4.36. The second-order valence-electron chi connectivity index (χ2n) is 6.94. The molecule has 3 N–H and O–H groups in total. The lowest BCUT2D eigenvalue weighted by Crippen LogP contribution is -2.36. The second kappa shape index (κ2) is 8.51. The fourth-order valence-corrected chi connectivity index (χ4v) is 3.95. The van der Waals surface area contributed by atoms with Gasteiger partial charge in [-0.05, 0) is 36.4 Å². The summed E-state index contributed by atoms with van der Waals surface area (Å²) >= 11 is 0. The molecular weight excluding hydrogens is 317 g/mol. The number of likely N-dealkylation sites (tertiary alicyclic amines) is 1. The lowest BCUT2D eigenvalue weighted by Gasteiger charge is -2.29. The Morgan fingerprint density at radius 1 is 1.23 bits per heavy atom. The zero-order valence-corrected chi connectivity index (χ0v) is 15.0. The maximum absolute atomic E-state index is 6.03. The van der Waals surface area contributed by atoms with Gasteiger partial charge in [-0.1, -0.05) is 37.3 Å². The number of nitrogens with two attached hydrogens (primary N) is 1. The smallest absolute Gasteiger partial charge is 0.00543 e. The Balaban J connectivity index is 0.00000121. The van der Waals surface area contributed by atoms with Crippen LogP contribution in [0.3, 0.4) is 0 Å². The number of benzene rings is 1. The lowest BCUT2D eigenvalue weighted by molar-refractivity contribution is 0.203. The number of rotatable bonds is 4. The van der Waals surface area contributed by atoms with E-state index < -0.39 is 0 Å². The summed E-state index contributed by atoms with van der Waals surface area (Å²) in [6.45, 7) is 9.08. The molecule has 2 aliphatic rings.